The number of pyridine rings is 1. The molecule has 0 fully saturated rings. The summed E-state index contributed by atoms with van der Waals surface area (Å²) in [5, 5.41) is 3.45. The lowest BCUT2D eigenvalue weighted by atomic mass is 10.1. The molecule has 0 radical (unpaired) electrons. The van der Waals surface area contributed by atoms with Gasteiger partial charge in [-0.15, -0.1) is 0 Å². The quantitative estimate of drug-likeness (QED) is 0.909. The molecule has 106 valence electrons. The fourth-order valence-electron chi connectivity index (χ4n) is 1.79. The van der Waals surface area contributed by atoms with Crippen molar-refractivity contribution in [3.8, 4) is 11.6 Å². The molecule has 0 aliphatic carbocycles. The largest absolute Gasteiger partial charge is 0.439 e. The average Bonchev–Trinajstić information content (AvgIpc) is 2.40. The molecule has 2 aromatic rings. The van der Waals surface area contributed by atoms with Crippen LogP contribution in [0.1, 0.15) is 31.9 Å². The summed E-state index contributed by atoms with van der Waals surface area (Å²) in [5.74, 6) is 1.47. The van der Waals surface area contributed by atoms with Gasteiger partial charge in [0.15, 0.2) is 0 Å². The maximum atomic E-state index is 5.78. The second kappa shape index (κ2) is 6.06. The van der Waals surface area contributed by atoms with E-state index in [0.717, 1.165) is 23.4 Å². The van der Waals surface area contributed by atoms with Gasteiger partial charge in [0.05, 0.1) is 0 Å². The molecule has 0 saturated carbocycles. The van der Waals surface area contributed by atoms with E-state index in [2.05, 4.69) is 37.1 Å². The number of ether oxygens (including phenoxy) is 1. The molecule has 3 heteroatoms. The van der Waals surface area contributed by atoms with Gasteiger partial charge in [-0.05, 0) is 51.5 Å². The Labute approximate surface area is 121 Å². The summed E-state index contributed by atoms with van der Waals surface area (Å²) in [6.07, 6.45) is 1.87. The first-order valence-electron chi connectivity index (χ1n) is 6.87. The lowest BCUT2D eigenvalue weighted by molar-refractivity contribution is 0.422. The van der Waals surface area contributed by atoms with Crippen molar-refractivity contribution >= 4 is 0 Å². The summed E-state index contributed by atoms with van der Waals surface area (Å²) in [5.41, 5.74) is 2.31. The Balaban J connectivity index is 2.06. The molecule has 0 aliphatic heterocycles. The highest BCUT2D eigenvalue weighted by Gasteiger charge is 2.10. The standard InChI is InChI=1S/C17H22N2O/c1-13-10-14(12-19-17(2,3)4)11-18-16(13)20-15-8-6-5-7-9-15/h5-11,19H,12H2,1-4H3. The normalized spacial score (nSPS) is 11.4. The van der Waals surface area contributed by atoms with E-state index < -0.39 is 0 Å². The van der Waals surface area contributed by atoms with Crippen molar-refractivity contribution in [2.75, 3.05) is 0 Å². The molecular weight excluding hydrogens is 248 g/mol. The minimum Gasteiger partial charge on any atom is -0.439 e. The second-order valence-corrected chi connectivity index (χ2v) is 5.98. The van der Waals surface area contributed by atoms with E-state index in [-0.39, 0.29) is 5.54 Å². The third kappa shape index (κ3) is 4.35. The molecule has 2 rings (SSSR count). The molecule has 0 amide bonds. The predicted molar refractivity (Wildman–Crippen MR) is 82.1 cm³/mol. The Morgan fingerprint density at radius 1 is 1.15 bits per heavy atom. The van der Waals surface area contributed by atoms with Crippen LogP contribution in [0.3, 0.4) is 0 Å². The maximum Gasteiger partial charge on any atom is 0.222 e. The summed E-state index contributed by atoms with van der Waals surface area (Å²) in [6, 6.07) is 11.8. The zero-order chi connectivity index (χ0) is 14.6. The molecule has 0 saturated heterocycles. The van der Waals surface area contributed by atoms with Gasteiger partial charge in [0, 0.05) is 23.8 Å². The smallest absolute Gasteiger partial charge is 0.222 e. The monoisotopic (exact) mass is 270 g/mol. The highest BCUT2D eigenvalue weighted by atomic mass is 16.5. The van der Waals surface area contributed by atoms with Crippen LogP contribution in [0.15, 0.2) is 42.6 Å². The van der Waals surface area contributed by atoms with Gasteiger partial charge < -0.3 is 10.1 Å². The van der Waals surface area contributed by atoms with Crippen molar-refractivity contribution in [3.63, 3.8) is 0 Å². The van der Waals surface area contributed by atoms with E-state index in [9.17, 15) is 0 Å². The van der Waals surface area contributed by atoms with Crippen molar-refractivity contribution < 1.29 is 4.74 Å². The van der Waals surface area contributed by atoms with Crippen molar-refractivity contribution in [1.82, 2.24) is 10.3 Å². The van der Waals surface area contributed by atoms with Crippen molar-refractivity contribution in [2.24, 2.45) is 0 Å². The van der Waals surface area contributed by atoms with E-state index in [1.54, 1.807) is 0 Å². The van der Waals surface area contributed by atoms with Crippen LogP contribution in [-0.4, -0.2) is 10.5 Å². The fourth-order valence-corrected chi connectivity index (χ4v) is 1.79. The van der Waals surface area contributed by atoms with Gasteiger partial charge >= 0.3 is 0 Å². The van der Waals surface area contributed by atoms with E-state index in [1.165, 1.54) is 0 Å². The molecule has 3 nitrogen and oxygen atoms in total. The van der Waals surface area contributed by atoms with Gasteiger partial charge in [0.1, 0.15) is 5.75 Å². The fraction of sp³-hybridized carbons (Fsp3) is 0.353. The lowest BCUT2D eigenvalue weighted by Gasteiger charge is -2.20. The van der Waals surface area contributed by atoms with Crippen LogP contribution < -0.4 is 10.1 Å². The summed E-state index contributed by atoms with van der Waals surface area (Å²) < 4.78 is 5.78. The van der Waals surface area contributed by atoms with Gasteiger partial charge in [0.25, 0.3) is 0 Å². The predicted octanol–water partition coefficient (Wildman–Crippen LogP) is 4.07. The number of hydrogen-bond donors (Lipinski definition) is 1. The van der Waals surface area contributed by atoms with Crippen molar-refractivity contribution in [3.05, 3.63) is 53.7 Å². The number of aryl methyl sites for hydroxylation is 1. The summed E-state index contributed by atoms with van der Waals surface area (Å²) >= 11 is 0. The first kappa shape index (κ1) is 14.5. The van der Waals surface area contributed by atoms with E-state index in [0.29, 0.717) is 5.88 Å². The van der Waals surface area contributed by atoms with Crippen molar-refractivity contribution in [2.45, 2.75) is 39.8 Å². The Hall–Kier alpha value is -1.87. The molecule has 1 aromatic heterocycles. The molecule has 1 aromatic carbocycles. The number of hydrogen-bond acceptors (Lipinski definition) is 3. The summed E-state index contributed by atoms with van der Waals surface area (Å²) in [7, 11) is 0. The van der Waals surface area contributed by atoms with Gasteiger partial charge in [0.2, 0.25) is 5.88 Å². The third-order valence-electron chi connectivity index (χ3n) is 2.87. The van der Waals surface area contributed by atoms with Crippen LogP contribution in [0.25, 0.3) is 0 Å². The van der Waals surface area contributed by atoms with Gasteiger partial charge in [-0.25, -0.2) is 4.98 Å². The molecular formula is C17H22N2O. The Bertz CT molecular complexity index is 559. The highest BCUT2D eigenvalue weighted by molar-refractivity contribution is 5.33. The molecule has 0 bridgehead atoms. The van der Waals surface area contributed by atoms with Crippen LogP contribution in [0.2, 0.25) is 0 Å². The number of aromatic nitrogens is 1. The van der Waals surface area contributed by atoms with Crippen molar-refractivity contribution in [1.29, 1.82) is 0 Å². The number of nitrogens with zero attached hydrogens (tertiary/aromatic N) is 1. The zero-order valence-corrected chi connectivity index (χ0v) is 12.6. The number of rotatable bonds is 4. The maximum absolute atomic E-state index is 5.78. The summed E-state index contributed by atoms with van der Waals surface area (Å²) in [6.45, 7) is 9.29. The van der Waals surface area contributed by atoms with Crippen LogP contribution in [0.4, 0.5) is 0 Å². The Morgan fingerprint density at radius 2 is 1.85 bits per heavy atom. The van der Waals surface area contributed by atoms with E-state index in [4.69, 9.17) is 4.74 Å². The molecule has 1 N–H and O–H groups in total. The van der Waals surface area contributed by atoms with Gasteiger partial charge in [-0.1, -0.05) is 18.2 Å². The first-order chi connectivity index (χ1) is 9.44. The summed E-state index contributed by atoms with van der Waals surface area (Å²) in [4.78, 5) is 4.41. The Morgan fingerprint density at radius 3 is 2.45 bits per heavy atom. The number of para-hydroxylation sites is 1. The van der Waals surface area contributed by atoms with Gasteiger partial charge in [-0.2, -0.15) is 0 Å². The van der Waals surface area contributed by atoms with Crippen LogP contribution in [0, 0.1) is 6.92 Å². The molecule has 0 unspecified atom stereocenters. The highest BCUT2D eigenvalue weighted by Crippen LogP contribution is 2.22. The Kier molecular flexibility index (Phi) is 4.40. The zero-order valence-electron chi connectivity index (χ0n) is 12.6. The molecule has 1 heterocycles. The third-order valence-corrected chi connectivity index (χ3v) is 2.87. The minimum atomic E-state index is 0.104. The SMILES string of the molecule is Cc1cc(CNC(C)(C)C)cnc1Oc1ccccc1. The van der Waals surface area contributed by atoms with Crippen LogP contribution in [-0.2, 0) is 6.54 Å². The van der Waals surface area contributed by atoms with E-state index >= 15 is 0 Å². The topological polar surface area (TPSA) is 34.2 Å². The second-order valence-electron chi connectivity index (χ2n) is 5.98. The van der Waals surface area contributed by atoms with Gasteiger partial charge in [-0.3, -0.25) is 0 Å². The molecule has 0 atom stereocenters. The average molecular weight is 270 g/mol. The number of benzene rings is 1. The lowest BCUT2D eigenvalue weighted by Crippen LogP contribution is -2.35. The van der Waals surface area contributed by atoms with Crippen LogP contribution in [0.5, 0.6) is 11.6 Å². The van der Waals surface area contributed by atoms with Crippen LogP contribution >= 0.6 is 0 Å². The first-order valence-corrected chi connectivity index (χ1v) is 6.87. The molecule has 0 spiro atoms. The molecule has 20 heavy (non-hydrogen) atoms. The number of nitrogens with one attached hydrogen (secondary N) is 1. The van der Waals surface area contributed by atoms with E-state index in [1.807, 2.05) is 43.5 Å². The molecule has 0 aliphatic rings. The minimum absolute atomic E-state index is 0.104.